The fourth-order valence-corrected chi connectivity index (χ4v) is 2.13. The lowest BCUT2D eigenvalue weighted by molar-refractivity contribution is -0.145. The lowest BCUT2D eigenvalue weighted by Crippen LogP contribution is -2.46. The molecule has 0 aromatic carbocycles. The lowest BCUT2D eigenvalue weighted by Gasteiger charge is -2.22. The summed E-state index contributed by atoms with van der Waals surface area (Å²) in [5.74, 6) is -1.52. The maximum Gasteiger partial charge on any atom is 0.326 e. The van der Waals surface area contributed by atoms with Gasteiger partial charge in [0.25, 0.3) is 0 Å². The Hall–Kier alpha value is -1.18. The van der Waals surface area contributed by atoms with E-state index in [1.165, 1.54) is 0 Å². The minimum atomic E-state index is -1.08. The summed E-state index contributed by atoms with van der Waals surface area (Å²) in [6, 6.07) is -0.987. The minimum absolute atomic E-state index is 0.0284. The molecule has 1 amide bonds. The number of hydrogen-bond acceptors (Lipinski definition) is 5. The highest BCUT2D eigenvalue weighted by Gasteiger charge is 2.25. The van der Waals surface area contributed by atoms with E-state index in [1.807, 2.05) is 20.8 Å². The normalized spacial score (nSPS) is 21.0. The molecule has 0 aliphatic carbocycles. The molecule has 1 rings (SSSR count). The second-order valence-electron chi connectivity index (χ2n) is 6.76. The average molecular weight is 331 g/mol. The number of ether oxygens (including phenoxy) is 3. The monoisotopic (exact) mass is 331 g/mol. The van der Waals surface area contributed by atoms with Crippen LogP contribution >= 0.6 is 0 Å². The summed E-state index contributed by atoms with van der Waals surface area (Å²) < 4.78 is 16.4. The first-order valence-electron chi connectivity index (χ1n) is 8.09. The first-order valence-corrected chi connectivity index (χ1v) is 8.09. The molecule has 134 valence electrons. The van der Waals surface area contributed by atoms with Crippen LogP contribution in [0.1, 0.15) is 47.0 Å². The number of carboxylic acids is 1. The topological polar surface area (TPSA) is 94.1 Å². The second-order valence-corrected chi connectivity index (χ2v) is 6.76. The highest BCUT2D eigenvalue weighted by Crippen LogP contribution is 2.13. The molecular formula is C16H29NO6. The van der Waals surface area contributed by atoms with Crippen molar-refractivity contribution in [3.8, 4) is 0 Å². The predicted octanol–water partition coefficient (Wildman–Crippen LogP) is 1.35. The van der Waals surface area contributed by atoms with Gasteiger partial charge in [0.2, 0.25) is 5.91 Å². The molecule has 1 heterocycles. The third-order valence-corrected chi connectivity index (χ3v) is 3.48. The summed E-state index contributed by atoms with van der Waals surface area (Å²) in [5, 5.41) is 11.7. The van der Waals surface area contributed by atoms with Gasteiger partial charge in [-0.15, -0.1) is 0 Å². The zero-order chi connectivity index (χ0) is 17.5. The van der Waals surface area contributed by atoms with Crippen molar-refractivity contribution >= 4 is 11.9 Å². The van der Waals surface area contributed by atoms with E-state index in [-0.39, 0.29) is 24.7 Å². The van der Waals surface area contributed by atoms with Crippen molar-refractivity contribution < 1.29 is 28.9 Å². The number of amides is 1. The van der Waals surface area contributed by atoms with Crippen LogP contribution in [0.3, 0.4) is 0 Å². The summed E-state index contributed by atoms with van der Waals surface area (Å²) in [6.45, 7) is 8.61. The Balaban J connectivity index is 2.35. The van der Waals surface area contributed by atoms with E-state index >= 15 is 0 Å². The third-order valence-electron chi connectivity index (χ3n) is 3.48. The fraction of sp³-hybridized carbons (Fsp3) is 0.875. The Kier molecular flexibility index (Phi) is 7.94. The van der Waals surface area contributed by atoms with Gasteiger partial charge in [0.05, 0.1) is 18.3 Å². The van der Waals surface area contributed by atoms with Gasteiger partial charge in [0, 0.05) is 19.6 Å². The summed E-state index contributed by atoms with van der Waals surface area (Å²) >= 11 is 0. The molecule has 2 N–H and O–H groups in total. The van der Waals surface area contributed by atoms with Gasteiger partial charge < -0.3 is 24.6 Å². The van der Waals surface area contributed by atoms with E-state index in [1.54, 1.807) is 6.92 Å². The van der Waals surface area contributed by atoms with Crippen LogP contribution in [0.5, 0.6) is 0 Å². The molecule has 0 aromatic heterocycles. The minimum Gasteiger partial charge on any atom is -0.480 e. The number of carbonyl (C=O) groups excluding carboxylic acids is 1. The van der Waals surface area contributed by atoms with Gasteiger partial charge in [-0.2, -0.15) is 0 Å². The van der Waals surface area contributed by atoms with Crippen LogP contribution in [0.15, 0.2) is 0 Å². The largest absolute Gasteiger partial charge is 0.480 e. The van der Waals surface area contributed by atoms with E-state index in [9.17, 15) is 14.7 Å². The van der Waals surface area contributed by atoms with Gasteiger partial charge in [-0.1, -0.05) is 0 Å². The number of hydrogen-bond donors (Lipinski definition) is 2. The van der Waals surface area contributed by atoms with E-state index in [0.717, 1.165) is 19.4 Å². The van der Waals surface area contributed by atoms with Crippen LogP contribution in [0.4, 0.5) is 0 Å². The van der Waals surface area contributed by atoms with E-state index in [0.29, 0.717) is 6.61 Å². The number of carboxylic acid groups (broad SMARTS) is 1. The van der Waals surface area contributed by atoms with Crippen LogP contribution in [-0.4, -0.2) is 60.7 Å². The van der Waals surface area contributed by atoms with Gasteiger partial charge in [-0.05, 0) is 40.5 Å². The Morgan fingerprint density at radius 1 is 1.39 bits per heavy atom. The third kappa shape index (κ3) is 8.29. The molecule has 1 aliphatic heterocycles. The van der Waals surface area contributed by atoms with Gasteiger partial charge in [-0.25, -0.2) is 4.79 Å². The highest BCUT2D eigenvalue weighted by molar-refractivity contribution is 5.86. The summed E-state index contributed by atoms with van der Waals surface area (Å²) in [4.78, 5) is 23.3. The van der Waals surface area contributed by atoms with Gasteiger partial charge in [0.1, 0.15) is 12.1 Å². The Bertz CT molecular complexity index is 387. The molecule has 0 saturated carbocycles. The maximum absolute atomic E-state index is 12.0. The SMILES string of the molecule is CC(OCC1CCCO1)C(=O)NC(CCOC(C)(C)C)C(=O)O. The lowest BCUT2D eigenvalue weighted by atomic mass is 10.1. The maximum atomic E-state index is 12.0. The molecule has 23 heavy (non-hydrogen) atoms. The smallest absolute Gasteiger partial charge is 0.326 e. The molecule has 0 bridgehead atoms. The number of aliphatic carboxylic acids is 1. The molecule has 0 spiro atoms. The first-order chi connectivity index (χ1) is 10.7. The molecule has 1 saturated heterocycles. The van der Waals surface area contributed by atoms with E-state index in [2.05, 4.69) is 5.32 Å². The summed E-state index contributed by atoms with van der Waals surface area (Å²) in [7, 11) is 0. The zero-order valence-corrected chi connectivity index (χ0v) is 14.5. The fourth-order valence-electron chi connectivity index (χ4n) is 2.13. The molecule has 7 heteroatoms. The van der Waals surface area contributed by atoms with E-state index in [4.69, 9.17) is 14.2 Å². The summed E-state index contributed by atoms with van der Waals surface area (Å²) in [6.07, 6.45) is 1.45. The van der Waals surface area contributed by atoms with Crippen LogP contribution < -0.4 is 5.32 Å². The Labute approximate surface area is 137 Å². The zero-order valence-electron chi connectivity index (χ0n) is 14.5. The molecule has 3 unspecified atom stereocenters. The van der Waals surface area contributed by atoms with Crippen LogP contribution in [-0.2, 0) is 23.8 Å². The van der Waals surface area contributed by atoms with Crippen LogP contribution in [0, 0.1) is 0 Å². The number of rotatable bonds is 9. The van der Waals surface area contributed by atoms with Crippen molar-refractivity contribution in [2.45, 2.75) is 70.8 Å². The van der Waals surface area contributed by atoms with Gasteiger partial charge >= 0.3 is 5.97 Å². The Morgan fingerprint density at radius 2 is 2.09 bits per heavy atom. The highest BCUT2D eigenvalue weighted by atomic mass is 16.5. The molecular weight excluding hydrogens is 302 g/mol. The summed E-state index contributed by atoms with van der Waals surface area (Å²) in [5.41, 5.74) is -0.343. The number of nitrogens with one attached hydrogen (secondary N) is 1. The Morgan fingerprint density at radius 3 is 2.61 bits per heavy atom. The second kappa shape index (κ2) is 9.20. The first kappa shape index (κ1) is 19.9. The van der Waals surface area contributed by atoms with Crippen molar-refractivity contribution in [1.82, 2.24) is 5.32 Å². The molecule has 1 aliphatic rings. The average Bonchev–Trinajstić information content (AvgIpc) is 2.95. The van der Waals surface area contributed by atoms with Gasteiger partial charge in [0.15, 0.2) is 0 Å². The van der Waals surface area contributed by atoms with Crippen molar-refractivity contribution in [3.63, 3.8) is 0 Å². The van der Waals surface area contributed by atoms with Crippen LogP contribution in [0.25, 0.3) is 0 Å². The quantitative estimate of drug-likeness (QED) is 0.662. The predicted molar refractivity (Wildman–Crippen MR) is 84.3 cm³/mol. The molecule has 0 aromatic rings. The molecule has 3 atom stereocenters. The molecule has 7 nitrogen and oxygen atoms in total. The van der Waals surface area contributed by atoms with Crippen molar-refractivity contribution in [2.75, 3.05) is 19.8 Å². The van der Waals surface area contributed by atoms with Crippen LogP contribution in [0.2, 0.25) is 0 Å². The van der Waals surface area contributed by atoms with Crippen molar-refractivity contribution in [1.29, 1.82) is 0 Å². The van der Waals surface area contributed by atoms with Gasteiger partial charge in [-0.3, -0.25) is 4.79 Å². The molecule has 1 fully saturated rings. The standard InChI is InChI=1S/C16H29NO6/c1-11(22-10-12-6-5-8-21-12)14(18)17-13(15(19)20)7-9-23-16(2,3)4/h11-13H,5-10H2,1-4H3,(H,17,18)(H,19,20). The van der Waals surface area contributed by atoms with Crippen molar-refractivity contribution in [2.24, 2.45) is 0 Å². The molecule has 0 radical (unpaired) electrons. The van der Waals surface area contributed by atoms with E-state index < -0.39 is 24.0 Å². The number of carbonyl (C=O) groups is 2. The van der Waals surface area contributed by atoms with Crippen molar-refractivity contribution in [3.05, 3.63) is 0 Å².